The zero-order valence-corrected chi connectivity index (χ0v) is 19.5. The molecule has 1 spiro atoms. The highest BCUT2D eigenvalue weighted by atomic mass is 79.9. The molecule has 2 aromatic carbocycles. The molecule has 3 atom stereocenters. The third-order valence-corrected chi connectivity index (χ3v) is 7.86. The lowest BCUT2D eigenvalue weighted by molar-refractivity contribution is 0.182. The van der Waals surface area contributed by atoms with E-state index in [1.54, 1.807) is 0 Å². The van der Waals surface area contributed by atoms with Crippen LogP contribution in [0.3, 0.4) is 0 Å². The first-order chi connectivity index (χ1) is 14.8. The zero-order chi connectivity index (χ0) is 20.4. The second-order valence-electron chi connectivity index (χ2n) is 9.38. The normalized spacial score (nSPS) is 28.8. The van der Waals surface area contributed by atoms with Gasteiger partial charge < -0.3 is 0 Å². The summed E-state index contributed by atoms with van der Waals surface area (Å²) < 4.78 is 1.14. The van der Waals surface area contributed by atoms with Crippen LogP contribution in [0, 0.1) is 0 Å². The van der Waals surface area contributed by atoms with E-state index < -0.39 is 0 Å². The Hall–Kier alpha value is -1.45. The Labute approximate surface area is 189 Å². The zero-order valence-electron chi connectivity index (χ0n) is 17.9. The molecule has 1 aliphatic carbocycles. The van der Waals surface area contributed by atoms with Crippen LogP contribution >= 0.6 is 15.9 Å². The summed E-state index contributed by atoms with van der Waals surface area (Å²) >= 11 is 3.60. The minimum absolute atomic E-state index is 0.00673. The Balaban J connectivity index is 1.48. The van der Waals surface area contributed by atoms with Gasteiger partial charge in [-0.1, -0.05) is 103 Å². The van der Waals surface area contributed by atoms with Crippen molar-refractivity contribution in [3.63, 3.8) is 0 Å². The summed E-state index contributed by atoms with van der Waals surface area (Å²) in [6.45, 7) is 0. The molecule has 0 N–H and O–H groups in total. The lowest BCUT2D eigenvalue weighted by Gasteiger charge is -2.31. The predicted octanol–water partition coefficient (Wildman–Crippen LogP) is 7.68. The molecule has 3 unspecified atom stereocenters. The number of hydrogen-bond acceptors (Lipinski definition) is 2. The first-order valence-electron chi connectivity index (χ1n) is 12.0. The quantitative estimate of drug-likeness (QED) is 0.415. The molecule has 2 heterocycles. The van der Waals surface area contributed by atoms with E-state index in [0.29, 0.717) is 12.1 Å². The van der Waals surface area contributed by atoms with Gasteiger partial charge in [0.25, 0.3) is 0 Å². The fourth-order valence-electron chi connectivity index (χ4n) is 5.78. The van der Waals surface area contributed by atoms with Crippen LogP contribution in [0.2, 0.25) is 0 Å². The monoisotopic (exact) mass is 464 g/mol. The molecule has 0 radical (unpaired) electrons. The third-order valence-electron chi connectivity index (χ3n) is 7.33. The first kappa shape index (κ1) is 20.5. The predicted molar refractivity (Wildman–Crippen MR) is 129 cm³/mol. The van der Waals surface area contributed by atoms with Gasteiger partial charge in [-0.25, -0.2) is 0 Å². The summed E-state index contributed by atoms with van der Waals surface area (Å²) in [5.41, 5.74) is 4.09. The van der Waals surface area contributed by atoms with Crippen molar-refractivity contribution < 1.29 is 0 Å². The fourth-order valence-corrected chi connectivity index (χ4v) is 6.04. The standard InChI is InChI=1S/C27H33BrN2/c28-23-17-15-21(16-18-23)24-26-25(22-13-9-8-10-14-22)30(26)27(29-24)19-11-6-4-2-1-3-5-7-12-20-27/h8-10,13-18,25-26H,1-7,11-12,19-20H2. The molecule has 1 saturated carbocycles. The van der Waals surface area contributed by atoms with Gasteiger partial charge in [0.15, 0.2) is 0 Å². The molecule has 0 amide bonds. The summed E-state index contributed by atoms with van der Waals surface area (Å²) in [6.07, 6.45) is 14.8. The van der Waals surface area contributed by atoms with Crippen molar-refractivity contribution in [2.45, 2.75) is 88.4 Å². The van der Waals surface area contributed by atoms with Crippen molar-refractivity contribution in [2.75, 3.05) is 0 Å². The van der Waals surface area contributed by atoms with E-state index in [-0.39, 0.29) is 5.66 Å². The highest BCUT2D eigenvalue weighted by molar-refractivity contribution is 9.10. The third kappa shape index (κ3) is 4.03. The SMILES string of the molecule is Brc1ccc(C2=NC3(CCCCCCCCCCC3)N3C2C3c2ccccc2)cc1. The van der Waals surface area contributed by atoms with Gasteiger partial charge in [0, 0.05) is 4.47 Å². The molecule has 30 heavy (non-hydrogen) atoms. The van der Waals surface area contributed by atoms with E-state index >= 15 is 0 Å². The van der Waals surface area contributed by atoms with E-state index in [1.165, 1.54) is 87.5 Å². The highest BCUT2D eigenvalue weighted by Crippen LogP contribution is 2.58. The topological polar surface area (TPSA) is 15.4 Å². The average molecular weight is 465 g/mol. The molecule has 2 aliphatic heterocycles. The number of rotatable bonds is 2. The largest absolute Gasteiger partial charge is 0.265 e. The summed E-state index contributed by atoms with van der Waals surface area (Å²) in [4.78, 5) is 8.31. The van der Waals surface area contributed by atoms with Crippen molar-refractivity contribution in [1.29, 1.82) is 0 Å². The number of halogens is 1. The van der Waals surface area contributed by atoms with E-state index in [1.807, 2.05) is 0 Å². The molecule has 3 heteroatoms. The highest BCUT2D eigenvalue weighted by Gasteiger charge is 2.64. The number of nitrogens with zero attached hydrogens (tertiary/aromatic N) is 2. The number of benzene rings is 2. The first-order valence-corrected chi connectivity index (χ1v) is 12.8. The van der Waals surface area contributed by atoms with Gasteiger partial charge in [0.1, 0.15) is 5.66 Å². The van der Waals surface area contributed by atoms with Crippen molar-refractivity contribution in [3.05, 3.63) is 70.2 Å². The average Bonchev–Trinajstić information content (AvgIpc) is 3.43. The number of hydrogen-bond donors (Lipinski definition) is 0. The van der Waals surface area contributed by atoms with Gasteiger partial charge >= 0.3 is 0 Å². The molecular weight excluding hydrogens is 432 g/mol. The number of fused-ring (bicyclic) bond motifs is 2. The van der Waals surface area contributed by atoms with Crippen LogP contribution in [0.4, 0.5) is 0 Å². The molecule has 2 nitrogen and oxygen atoms in total. The Kier molecular flexibility index (Phi) is 6.11. The second kappa shape index (κ2) is 8.96. The maximum absolute atomic E-state index is 5.54. The van der Waals surface area contributed by atoms with Gasteiger partial charge in [-0.2, -0.15) is 0 Å². The van der Waals surface area contributed by atoms with Gasteiger partial charge in [-0.05, 0) is 48.9 Å². The molecule has 0 aromatic heterocycles. The van der Waals surface area contributed by atoms with Crippen LogP contribution in [-0.4, -0.2) is 22.3 Å². The van der Waals surface area contributed by atoms with E-state index in [4.69, 9.17) is 4.99 Å². The maximum atomic E-state index is 5.54. The summed E-state index contributed by atoms with van der Waals surface area (Å²) in [5.74, 6) is 0. The lowest BCUT2D eigenvalue weighted by Crippen LogP contribution is -2.34. The lowest BCUT2D eigenvalue weighted by atomic mass is 9.92. The Bertz CT molecular complexity index is 861. The molecular formula is C27H33BrN2. The van der Waals surface area contributed by atoms with Gasteiger partial charge in [0.05, 0.1) is 17.8 Å². The summed E-state index contributed by atoms with van der Waals surface area (Å²) in [6, 6.07) is 20.9. The second-order valence-corrected chi connectivity index (χ2v) is 10.3. The van der Waals surface area contributed by atoms with Crippen LogP contribution in [-0.2, 0) is 0 Å². The molecule has 5 rings (SSSR count). The van der Waals surface area contributed by atoms with Crippen molar-refractivity contribution in [3.8, 4) is 0 Å². The van der Waals surface area contributed by atoms with Crippen molar-refractivity contribution in [1.82, 2.24) is 4.90 Å². The van der Waals surface area contributed by atoms with Crippen LogP contribution in [0.15, 0.2) is 64.1 Å². The Morgan fingerprint density at radius 3 is 1.87 bits per heavy atom. The summed E-state index contributed by atoms with van der Waals surface area (Å²) in [5, 5.41) is 0. The van der Waals surface area contributed by atoms with Crippen molar-refractivity contribution in [2.24, 2.45) is 4.99 Å². The molecule has 0 bridgehead atoms. The van der Waals surface area contributed by atoms with E-state index in [9.17, 15) is 0 Å². The molecule has 3 aliphatic rings. The molecule has 158 valence electrons. The smallest absolute Gasteiger partial charge is 0.114 e. The van der Waals surface area contributed by atoms with Crippen molar-refractivity contribution >= 4 is 21.6 Å². The maximum Gasteiger partial charge on any atom is 0.114 e. The van der Waals surface area contributed by atoms with Gasteiger partial charge in [0.2, 0.25) is 0 Å². The number of aliphatic imine (C=N–C) groups is 1. The molecule has 1 saturated heterocycles. The molecule has 2 fully saturated rings. The summed E-state index contributed by atoms with van der Waals surface area (Å²) in [7, 11) is 0. The fraction of sp³-hybridized carbons (Fsp3) is 0.519. The minimum Gasteiger partial charge on any atom is -0.265 e. The van der Waals surface area contributed by atoms with Crippen LogP contribution < -0.4 is 0 Å². The van der Waals surface area contributed by atoms with Gasteiger partial charge in [-0.15, -0.1) is 0 Å². The van der Waals surface area contributed by atoms with Crippen LogP contribution in [0.5, 0.6) is 0 Å². The Morgan fingerprint density at radius 1 is 0.700 bits per heavy atom. The Morgan fingerprint density at radius 2 is 1.27 bits per heavy atom. The molecule has 2 aromatic rings. The van der Waals surface area contributed by atoms with Crippen LogP contribution in [0.25, 0.3) is 0 Å². The van der Waals surface area contributed by atoms with E-state index in [2.05, 4.69) is 75.4 Å². The minimum atomic E-state index is 0.00673. The van der Waals surface area contributed by atoms with Gasteiger partial charge in [-0.3, -0.25) is 9.89 Å². The van der Waals surface area contributed by atoms with E-state index in [0.717, 1.165) is 4.47 Å². The van der Waals surface area contributed by atoms with Crippen LogP contribution in [0.1, 0.15) is 87.8 Å².